The molecule has 0 aromatic heterocycles. The fourth-order valence-corrected chi connectivity index (χ4v) is 1.79. The van der Waals surface area contributed by atoms with Crippen molar-refractivity contribution in [3.05, 3.63) is 33.9 Å². The van der Waals surface area contributed by atoms with Crippen LogP contribution in [0, 0.1) is 21.6 Å². The lowest BCUT2D eigenvalue weighted by atomic mass is 10.00. The standard InChI is InChI=1S/C10H7N3O3/c11-6-12-5-8(14)4-7-2-1-3-9(10(7)12)13(15)16/h1-3H,4-5H2. The summed E-state index contributed by atoms with van der Waals surface area (Å²) in [6.45, 7) is -0.0889. The second kappa shape index (κ2) is 3.62. The fourth-order valence-electron chi connectivity index (χ4n) is 1.79. The Hall–Kier alpha value is -2.42. The second-order valence-corrected chi connectivity index (χ2v) is 3.44. The first-order valence-electron chi connectivity index (χ1n) is 4.58. The zero-order chi connectivity index (χ0) is 11.7. The Bertz CT molecular complexity index is 519. The van der Waals surface area contributed by atoms with Gasteiger partial charge in [0.25, 0.3) is 5.69 Å². The van der Waals surface area contributed by atoms with Crippen molar-refractivity contribution in [3.8, 4) is 6.19 Å². The highest BCUT2D eigenvalue weighted by Crippen LogP contribution is 2.34. The molecule has 0 N–H and O–H groups in total. The largest absolute Gasteiger partial charge is 0.297 e. The molecule has 2 rings (SSSR count). The maximum absolute atomic E-state index is 11.3. The number of nitriles is 1. The molecule has 1 heterocycles. The Kier molecular flexibility index (Phi) is 2.29. The molecule has 0 fully saturated rings. The Balaban J connectivity index is 2.64. The van der Waals surface area contributed by atoms with Crippen LogP contribution in [-0.4, -0.2) is 17.3 Å². The number of carbonyl (C=O) groups is 1. The van der Waals surface area contributed by atoms with Crippen molar-refractivity contribution in [2.45, 2.75) is 6.42 Å². The molecule has 1 aliphatic heterocycles. The number of benzene rings is 1. The molecule has 6 nitrogen and oxygen atoms in total. The van der Waals surface area contributed by atoms with Gasteiger partial charge < -0.3 is 0 Å². The van der Waals surface area contributed by atoms with Gasteiger partial charge in [-0.1, -0.05) is 12.1 Å². The van der Waals surface area contributed by atoms with Crippen LogP contribution in [0.15, 0.2) is 18.2 Å². The van der Waals surface area contributed by atoms with E-state index >= 15 is 0 Å². The molecule has 0 saturated heterocycles. The number of carbonyl (C=O) groups excluding carboxylic acids is 1. The zero-order valence-corrected chi connectivity index (χ0v) is 8.21. The van der Waals surface area contributed by atoms with Crippen LogP contribution in [0.1, 0.15) is 5.56 Å². The van der Waals surface area contributed by atoms with E-state index in [-0.39, 0.29) is 30.1 Å². The van der Waals surface area contributed by atoms with Crippen LogP contribution < -0.4 is 4.90 Å². The van der Waals surface area contributed by atoms with E-state index in [1.54, 1.807) is 12.3 Å². The minimum Gasteiger partial charge on any atom is -0.297 e. The minimum absolute atomic E-state index is 0.0889. The molecular weight excluding hydrogens is 210 g/mol. The summed E-state index contributed by atoms with van der Waals surface area (Å²) >= 11 is 0. The van der Waals surface area contributed by atoms with Crippen molar-refractivity contribution in [2.75, 3.05) is 11.4 Å². The molecule has 0 atom stereocenters. The van der Waals surface area contributed by atoms with Crippen LogP contribution >= 0.6 is 0 Å². The van der Waals surface area contributed by atoms with E-state index in [0.29, 0.717) is 5.56 Å². The first-order valence-corrected chi connectivity index (χ1v) is 4.58. The number of hydrogen-bond acceptors (Lipinski definition) is 5. The van der Waals surface area contributed by atoms with Crippen molar-refractivity contribution < 1.29 is 9.72 Å². The number of nitro groups is 1. The first-order chi connectivity index (χ1) is 7.63. The lowest BCUT2D eigenvalue weighted by Gasteiger charge is -2.22. The molecule has 16 heavy (non-hydrogen) atoms. The van der Waals surface area contributed by atoms with Crippen molar-refractivity contribution in [2.24, 2.45) is 0 Å². The molecule has 1 aromatic carbocycles. The number of rotatable bonds is 1. The third-order valence-corrected chi connectivity index (χ3v) is 2.41. The number of anilines is 1. The summed E-state index contributed by atoms with van der Waals surface area (Å²) in [5, 5.41) is 19.7. The van der Waals surface area contributed by atoms with E-state index in [4.69, 9.17) is 5.26 Å². The van der Waals surface area contributed by atoms with Crippen LogP contribution in [0.5, 0.6) is 0 Å². The van der Waals surface area contributed by atoms with Gasteiger partial charge in [-0.3, -0.25) is 19.8 Å². The van der Waals surface area contributed by atoms with E-state index in [9.17, 15) is 14.9 Å². The summed E-state index contributed by atoms with van der Waals surface area (Å²) in [4.78, 5) is 22.6. The maximum atomic E-state index is 11.3. The van der Waals surface area contributed by atoms with Gasteiger partial charge in [-0.15, -0.1) is 0 Å². The highest BCUT2D eigenvalue weighted by atomic mass is 16.6. The van der Waals surface area contributed by atoms with Crippen LogP contribution in [-0.2, 0) is 11.2 Å². The Morgan fingerprint density at radius 1 is 1.50 bits per heavy atom. The molecule has 0 aliphatic carbocycles. The van der Waals surface area contributed by atoms with Gasteiger partial charge in [-0.2, -0.15) is 5.26 Å². The third-order valence-electron chi connectivity index (χ3n) is 2.41. The first kappa shape index (κ1) is 10.1. The van der Waals surface area contributed by atoms with E-state index in [1.165, 1.54) is 12.1 Å². The fraction of sp³-hybridized carbons (Fsp3) is 0.200. The quantitative estimate of drug-likeness (QED) is 0.398. The molecule has 80 valence electrons. The smallest absolute Gasteiger partial charge is 0.293 e. The van der Waals surface area contributed by atoms with Crippen LogP contribution in [0.4, 0.5) is 11.4 Å². The third kappa shape index (κ3) is 1.48. The highest BCUT2D eigenvalue weighted by molar-refractivity contribution is 5.93. The molecule has 0 saturated carbocycles. The minimum atomic E-state index is -0.543. The zero-order valence-electron chi connectivity index (χ0n) is 8.21. The number of fused-ring (bicyclic) bond motifs is 1. The Morgan fingerprint density at radius 3 is 2.88 bits per heavy atom. The van der Waals surface area contributed by atoms with Gasteiger partial charge >= 0.3 is 0 Å². The number of nitrogens with zero attached hydrogens (tertiary/aromatic N) is 3. The number of Topliss-reactive ketones (excluding diaryl/α,β-unsaturated/α-hetero) is 1. The van der Waals surface area contributed by atoms with Crippen molar-refractivity contribution in [1.29, 1.82) is 5.26 Å². The molecule has 0 bridgehead atoms. The summed E-state index contributed by atoms with van der Waals surface area (Å²) in [6.07, 6.45) is 1.94. The molecule has 6 heteroatoms. The van der Waals surface area contributed by atoms with Gasteiger partial charge in [0, 0.05) is 12.5 Å². The Morgan fingerprint density at radius 2 is 2.25 bits per heavy atom. The van der Waals surface area contributed by atoms with Crippen molar-refractivity contribution in [1.82, 2.24) is 0 Å². The number of ketones is 1. The predicted octanol–water partition coefficient (Wildman–Crippen LogP) is 1.01. The summed E-state index contributed by atoms with van der Waals surface area (Å²) in [7, 11) is 0. The topological polar surface area (TPSA) is 87.2 Å². The molecule has 0 amide bonds. The molecule has 1 aliphatic rings. The van der Waals surface area contributed by atoms with Gasteiger partial charge in [-0.05, 0) is 5.56 Å². The van der Waals surface area contributed by atoms with Gasteiger partial charge in [0.15, 0.2) is 12.0 Å². The Labute approximate surface area is 90.9 Å². The monoisotopic (exact) mass is 217 g/mol. The highest BCUT2D eigenvalue weighted by Gasteiger charge is 2.29. The number of nitro benzene ring substituents is 1. The van der Waals surface area contributed by atoms with Crippen LogP contribution in [0.2, 0.25) is 0 Å². The second-order valence-electron chi connectivity index (χ2n) is 3.44. The van der Waals surface area contributed by atoms with Crippen molar-refractivity contribution in [3.63, 3.8) is 0 Å². The SMILES string of the molecule is N#CN1CC(=O)Cc2cccc([N+](=O)[O-])c21. The molecule has 0 radical (unpaired) electrons. The lowest BCUT2D eigenvalue weighted by molar-refractivity contribution is -0.384. The van der Waals surface area contributed by atoms with E-state index in [0.717, 1.165) is 4.90 Å². The lowest BCUT2D eigenvalue weighted by Crippen LogP contribution is -2.32. The number of hydrogen-bond donors (Lipinski definition) is 0. The van der Waals surface area contributed by atoms with Crippen molar-refractivity contribution >= 4 is 17.2 Å². The average Bonchev–Trinajstić information content (AvgIpc) is 2.26. The van der Waals surface area contributed by atoms with Crippen LogP contribution in [0.25, 0.3) is 0 Å². The van der Waals surface area contributed by atoms with E-state index in [2.05, 4.69) is 0 Å². The normalized spacial score (nSPS) is 14.2. The van der Waals surface area contributed by atoms with Gasteiger partial charge in [0.2, 0.25) is 0 Å². The molecular formula is C10H7N3O3. The summed E-state index contributed by atoms with van der Waals surface area (Å²) in [5.41, 5.74) is 0.646. The molecule has 1 aromatic rings. The van der Waals surface area contributed by atoms with Gasteiger partial charge in [0.05, 0.1) is 11.5 Å². The maximum Gasteiger partial charge on any atom is 0.293 e. The molecule has 0 spiro atoms. The number of para-hydroxylation sites is 1. The molecule has 0 unspecified atom stereocenters. The van der Waals surface area contributed by atoms with E-state index < -0.39 is 4.92 Å². The van der Waals surface area contributed by atoms with Crippen LogP contribution in [0.3, 0.4) is 0 Å². The average molecular weight is 217 g/mol. The summed E-state index contributed by atoms with van der Waals surface area (Å²) in [5.74, 6) is -0.116. The van der Waals surface area contributed by atoms with Gasteiger partial charge in [0.1, 0.15) is 5.69 Å². The summed E-state index contributed by atoms with van der Waals surface area (Å²) in [6, 6.07) is 4.48. The summed E-state index contributed by atoms with van der Waals surface area (Å²) < 4.78 is 0. The van der Waals surface area contributed by atoms with Gasteiger partial charge in [-0.25, -0.2) is 0 Å². The predicted molar refractivity (Wildman–Crippen MR) is 54.8 cm³/mol. The van der Waals surface area contributed by atoms with E-state index in [1.807, 2.05) is 0 Å².